The van der Waals surface area contributed by atoms with Gasteiger partial charge in [0.1, 0.15) is 5.82 Å². The predicted octanol–water partition coefficient (Wildman–Crippen LogP) is 2.47. The zero-order valence-corrected chi connectivity index (χ0v) is 12.1. The highest BCUT2D eigenvalue weighted by Crippen LogP contribution is 2.21. The van der Waals surface area contributed by atoms with Crippen LogP contribution in [-0.4, -0.2) is 42.1 Å². The van der Waals surface area contributed by atoms with Gasteiger partial charge in [-0.25, -0.2) is 9.78 Å². The molecule has 0 aliphatic heterocycles. The second-order valence-electron chi connectivity index (χ2n) is 5.37. The number of rotatable bonds is 5. The maximum absolute atomic E-state index is 11.7. The van der Waals surface area contributed by atoms with Gasteiger partial charge in [-0.2, -0.15) is 0 Å². The summed E-state index contributed by atoms with van der Waals surface area (Å²) in [7, 11) is 2.15. The molecule has 2 rings (SSSR count). The second-order valence-corrected chi connectivity index (χ2v) is 5.37. The number of hydrogen-bond acceptors (Lipinski definition) is 3. The molecule has 0 saturated heterocycles. The number of aromatic nitrogens is 1. The fourth-order valence-electron chi connectivity index (χ4n) is 2.65. The van der Waals surface area contributed by atoms with Crippen LogP contribution in [-0.2, 0) is 0 Å². The third-order valence-corrected chi connectivity index (χ3v) is 3.85. The molecule has 110 valence electrons. The Kier molecular flexibility index (Phi) is 5.80. The van der Waals surface area contributed by atoms with Crippen LogP contribution in [0.3, 0.4) is 0 Å². The first kappa shape index (κ1) is 14.8. The molecule has 1 heterocycles. The molecule has 0 spiro atoms. The number of urea groups is 1. The molecule has 1 aliphatic rings. The van der Waals surface area contributed by atoms with Crippen LogP contribution in [0.5, 0.6) is 0 Å². The molecule has 2 N–H and O–H groups in total. The molecule has 2 amide bonds. The number of likely N-dealkylation sites (N-methyl/N-ethyl adjacent to an activating group) is 1. The molecule has 5 nitrogen and oxygen atoms in total. The largest absolute Gasteiger partial charge is 0.337 e. The Bertz CT molecular complexity index is 404. The monoisotopic (exact) mass is 276 g/mol. The molecule has 5 heteroatoms. The molecule has 0 aromatic carbocycles. The van der Waals surface area contributed by atoms with E-state index in [0.29, 0.717) is 18.4 Å². The van der Waals surface area contributed by atoms with Crippen molar-refractivity contribution in [3.05, 3.63) is 24.4 Å². The van der Waals surface area contributed by atoms with E-state index in [1.165, 1.54) is 32.1 Å². The average Bonchev–Trinajstić information content (AvgIpc) is 2.49. The van der Waals surface area contributed by atoms with Crippen molar-refractivity contribution in [1.29, 1.82) is 0 Å². The lowest BCUT2D eigenvalue weighted by Gasteiger charge is -2.31. The fraction of sp³-hybridized carbons (Fsp3) is 0.600. The van der Waals surface area contributed by atoms with Gasteiger partial charge >= 0.3 is 6.03 Å². The molecular weight excluding hydrogens is 252 g/mol. The molecule has 0 unspecified atom stereocenters. The summed E-state index contributed by atoms with van der Waals surface area (Å²) in [5.74, 6) is 0.575. The quantitative estimate of drug-likeness (QED) is 0.868. The van der Waals surface area contributed by atoms with E-state index >= 15 is 0 Å². The Morgan fingerprint density at radius 2 is 2.15 bits per heavy atom. The van der Waals surface area contributed by atoms with Gasteiger partial charge in [-0.3, -0.25) is 5.32 Å². The van der Waals surface area contributed by atoms with Crippen molar-refractivity contribution in [2.24, 2.45) is 0 Å². The lowest BCUT2D eigenvalue weighted by Crippen LogP contribution is -2.40. The third kappa shape index (κ3) is 4.81. The summed E-state index contributed by atoms with van der Waals surface area (Å²) in [5, 5.41) is 5.58. The number of nitrogens with one attached hydrogen (secondary N) is 2. The Balaban J connectivity index is 1.63. The minimum Gasteiger partial charge on any atom is -0.337 e. The van der Waals surface area contributed by atoms with Crippen LogP contribution in [0.4, 0.5) is 10.6 Å². The molecule has 20 heavy (non-hydrogen) atoms. The lowest BCUT2D eigenvalue weighted by molar-refractivity contribution is 0.192. The minimum atomic E-state index is -0.194. The van der Waals surface area contributed by atoms with E-state index in [9.17, 15) is 4.79 Å². The van der Waals surface area contributed by atoms with E-state index in [1.807, 2.05) is 12.1 Å². The Morgan fingerprint density at radius 1 is 1.35 bits per heavy atom. The summed E-state index contributed by atoms with van der Waals surface area (Å²) in [4.78, 5) is 18.1. The predicted molar refractivity (Wildman–Crippen MR) is 80.8 cm³/mol. The highest BCUT2D eigenvalue weighted by molar-refractivity contribution is 5.88. The molecule has 0 bridgehead atoms. The maximum Gasteiger partial charge on any atom is 0.320 e. The number of carbonyl (C=O) groups is 1. The summed E-state index contributed by atoms with van der Waals surface area (Å²) in [6.07, 6.45) is 8.28. The summed E-state index contributed by atoms with van der Waals surface area (Å²) in [6.45, 7) is 1.55. The van der Waals surface area contributed by atoms with Gasteiger partial charge in [-0.05, 0) is 32.0 Å². The van der Waals surface area contributed by atoms with Gasteiger partial charge in [0.15, 0.2) is 0 Å². The second kappa shape index (κ2) is 7.85. The van der Waals surface area contributed by atoms with Crippen molar-refractivity contribution in [1.82, 2.24) is 15.2 Å². The highest BCUT2D eigenvalue weighted by atomic mass is 16.2. The number of anilines is 1. The van der Waals surface area contributed by atoms with Gasteiger partial charge in [0, 0.05) is 25.3 Å². The van der Waals surface area contributed by atoms with Crippen LogP contribution in [0, 0.1) is 0 Å². The summed E-state index contributed by atoms with van der Waals surface area (Å²) >= 11 is 0. The number of nitrogens with zero attached hydrogens (tertiary/aromatic N) is 2. The van der Waals surface area contributed by atoms with Crippen molar-refractivity contribution < 1.29 is 4.79 Å². The van der Waals surface area contributed by atoms with Crippen LogP contribution >= 0.6 is 0 Å². The van der Waals surface area contributed by atoms with E-state index < -0.39 is 0 Å². The van der Waals surface area contributed by atoms with Crippen LogP contribution in [0.1, 0.15) is 32.1 Å². The first-order valence-electron chi connectivity index (χ1n) is 7.42. The SMILES string of the molecule is CN(CCNC(=O)Nc1ccccn1)C1CCCCC1. The van der Waals surface area contributed by atoms with Gasteiger partial charge in [0.05, 0.1) is 0 Å². The van der Waals surface area contributed by atoms with Crippen LogP contribution in [0.2, 0.25) is 0 Å². The van der Waals surface area contributed by atoms with Crippen molar-refractivity contribution in [2.75, 3.05) is 25.5 Å². The number of carbonyl (C=O) groups excluding carboxylic acids is 1. The normalized spacial score (nSPS) is 16.1. The topological polar surface area (TPSA) is 57.3 Å². The molecule has 1 aliphatic carbocycles. The average molecular weight is 276 g/mol. The molecule has 1 saturated carbocycles. The molecular formula is C15H24N4O. The summed E-state index contributed by atoms with van der Waals surface area (Å²) < 4.78 is 0. The zero-order valence-electron chi connectivity index (χ0n) is 12.1. The number of hydrogen-bond donors (Lipinski definition) is 2. The minimum absolute atomic E-state index is 0.194. The van der Waals surface area contributed by atoms with E-state index in [4.69, 9.17) is 0 Å². The van der Waals surface area contributed by atoms with E-state index in [2.05, 4.69) is 27.6 Å². The van der Waals surface area contributed by atoms with Gasteiger partial charge in [-0.1, -0.05) is 25.3 Å². The third-order valence-electron chi connectivity index (χ3n) is 3.85. The Labute approximate surface area is 120 Å². The fourth-order valence-corrected chi connectivity index (χ4v) is 2.65. The smallest absolute Gasteiger partial charge is 0.320 e. The molecule has 0 atom stereocenters. The van der Waals surface area contributed by atoms with Crippen molar-refractivity contribution in [3.8, 4) is 0 Å². The van der Waals surface area contributed by atoms with Crippen LogP contribution in [0.25, 0.3) is 0 Å². The van der Waals surface area contributed by atoms with Crippen molar-refractivity contribution in [2.45, 2.75) is 38.1 Å². The van der Waals surface area contributed by atoms with Gasteiger partial charge < -0.3 is 10.2 Å². The summed E-state index contributed by atoms with van der Waals surface area (Å²) in [6, 6.07) is 5.93. The van der Waals surface area contributed by atoms with Crippen LogP contribution < -0.4 is 10.6 Å². The van der Waals surface area contributed by atoms with Gasteiger partial charge in [0.2, 0.25) is 0 Å². The number of amides is 2. The first-order valence-corrected chi connectivity index (χ1v) is 7.42. The van der Waals surface area contributed by atoms with E-state index in [0.717, 1.165) is 6.54 Å². The van der Waals surface area contributed by atoms with Crippen molar-refractivity contribution in [3.63, 3.8) is 0 Å². The Hall–Kier alpha value is -1.62. The lowest BCUT2D eigenvalue weighted by atomic mass is 9.94. The zero-order chi connectivity index (χ0) is 14.2. The summed E-state index contributed by atoms with van der Waals surface area (Å²) in [5.41, 5.74) is 0. The maximum atomic E-state index is 11.7. The van der Waals surface area contributed by atoms with E-state index in [1.54, 1.807) is 12.3 Å². The molecule has 0 radical (unpaired) electrons. The van der Waals surface area contributed by atoms with Gasteiger partial charge in [0.25, 0.3) is 0 Å². The molecule has 1 aromatic rings. The van der Waals surface area contributed by atoms with E-state index in [-0.39, 0.29) is 6.03 Å². The molecule has 1 aromatic heterocycles. The Morgan fingerprint density at radius 3 is 2.85 bits per heavy atom. The van der Waals surface area contributed by atoms with Gasteiger partial charge in [-0.15, -0.1) is 0 Å². The standard InChI is InChI=1S/C15H24N4O/c1-19(13-7-3-2-4-8-13)12-11-17-15(20)18-14-9-5-6-10-16-14/h5-6,9-10,13H,2-4,7-8,11-12H2,1H3,(H2,16,17,18,20). The van der Waals surface area contributed by atoms with Crippen molar-refractivity contribution >= 4 is 11.8 Å². The van der Waals surface area contributed by atoms with Crippen LogP contribution in [0.15, 0.2) is 24.4 Å². The molecule has 1 fully saturated rings. The first-order chi connectivity index (χ1) is 9.75. The highest BCUT2D eigenvalue weighted by Gasteiger charge is 2.17. The number of pyridine rings is 1.